The molecule has 16 heavy (non-hydrogen) atoms. The molecule has 3 rings (SSSR count). The largest absolute Gasteiger partial charge is 0.264 e. The third-order valence-electron chi connectivity index (χ3n) is 2.36. The smallest absolute Gasteiger partial charge is 0.160 e. The third-order valence-corrected chi connectivity index (χ3v) is 3.92. The number of benzene rings is 1. The highest BCUT2D eigenvalue weighted by atomic mass is 79.9. The van der Waals surface area contributed by atoms with Gasteiger partial charge in [-0.05, 0) is 28.1 Å². The molecule has 0 amide bonds. The molecule has 1 aromatic carbocycles. The maximum atomic E-state index is 4.41. The van der Waals surface area contributed by atoms with E-state index >= 15 is 0 Å². The molecule has 4 heteroatoms. The molecule has 0 fully saturated rings. The van der Waals surface area contributed by atoms with Crippen molar-refractivity contribution in [3.05, 3.63) is 46.6 Å². The number of pyridine rings is 1. The number of rotatable bonds is 1. The van der Waals surface area contributed by atoms with E-state index in [1.807, 2.05) is 24.4 Å². The van der Waals surface area contributed by atoms with Crippen molar-refractivity contribution in [2.45, 2.75) is 0 Å². The topological polar surface area (TPSA) is 25.8 Å². The van der Waals surface area contributed by atoms with Crippen molar-refractivity contribution < 1.29 is 0 Å². The Morgan fingerprint density at radius 1 is 1.12 bits per heavy atom. The molecular formula is C12H7BrN2S. The van der Waals surface area contributed by atoms with Crippen molar-refractivity contribution in [3.63, 3.8) is 0 Å². The van der Waals surface area contributed by atoms with E-state index in [9.17, 15) is 0 Å². The van der Waals surface area contributed by atoms with E-state index in [4.69, 9.17) is 0 Å². The van der Waals surface area contributed by atoms with Gasteiger partial charge in [0, 0.05) is 23.5 Å². The van der Waals surface area contributed by atoms with E-state index in [-0.39, 0.29) is 0 Å². The second-order valence-electron chi connectivity index (χ2n) is 3.36. The van der Waals surface area contributed by atoms with Gasteiger partial charge in [0.05, 0.1) is 10.2 Å². The molecule has 0 atom stereocenters. The number of hydrogen-bond donors (Lipinski definition) is 0. The molecule has 78 valence electrons. The van der Waals surface area contributed by atoms with Crippen LogP contribution in [-0.4, -0.2) is 9.97 Å². The summed E-state index contributed by atoms with van der Waals surface area (Å²) in [5.74, 6) is 0. The first-order chi connectivity index (χ1) is 7.84. The second-order valence-corrected chi connectivity index (χ2v) is 5.64. The lowest BCUT2D eigenvalue weighted by Crippen LogP contribution is -1.79. The Kier molecular flexibility index (Phi) is 2.46. The van der Waals surface area contributed by atoms with Gasteiger partial charge >= 0.3 is 0 Å². The summed E-state index contributed by atoms with van der Waals surface area (Å²) in [6.45, 7) is 0. The highest BCUT2D eigenvalue weighted by Crippen LogP contribution is 2.34. The molecular weight excluding hydrogens is 284 g/mol. The van der Waals surface area contributed by atoms with Crippen LogP contribution < -0.4 is 0 Å². The van der Waals surface area contributed by atoms with Crippen molar-refractivity contribution in [1.29, 1.82) is 0 Å². The number of hydrogen-bond acceptors (Lipinski definition) is 3. The fraction of sp³-hybridized carbons (Fsp3) is 0. The van der Waals surface area contributed by atoms with E-state index in [1.165, 1.54) is 10.3 Å². The number of fused-ring (bicyclic) bond motifs is 1. The van der Waals surface area contributed by atoms with Crippen LogP contribution in [0.3, 0.4) is 0 Å². The number of thiazole rings is 1. The summed E-state index contributed by atoms with van der Waals surface area (Å²) in [5.41, 5.74) is 3.34. The van der Waals surface area contributed by atoms with Gasteiger partial charge in [0.15, 0.2) is 3.92 Å². The van der Waals surface area contributed by atoms with Crippen LogP contribution in [0, 0.1) is 0 Å². The average molecular weight is 291 g/mol. The number of halogens is 1. The summed E-state index contributed by atoms with van der Waals surface area (Å²) in [4.78, 5) is 8.56. The molecule has 0 spiro atoms. The number of aromatic nitrogens is 2. The summed E-state index contributed by atoms with van der Waals surface area (Å²) in [5, 5.41) is 0. The van der Waals surface area contributed by atoms with E-state index in [2.05, 4.69) is 38.0 Å². The minimum Gasteiger partial charge on any atom is -0.264 e. The lowest BCUT2D eigenvalue weighted by atomic mass is 10.1. The maximum absolute atomic E-state index is 4.41. The molecule has 0 aliphatic heterocycles. The standard InChI is InChI=1S/C12H7BrN2S/c13-12-15-10-5-1-4-9(11(10)16-12)8-3-2-6-14-7-8/h1-7H. The first-order valence-corrected chi connectivity index (χ1v) is 6.41. The monoisotopic (exact) mass is 290 g/mol. The zero-order valence-corrected chi connectivity index (χ0v) is 10.6. The quantitative estimate of drug-likeness (QED) is 0.674. The van der Waals surface area contributed by atoms with E-state index in [0.29, 0.717) is 0 Å². The predicted octanol–water partition coefficient (Wildman–Crippen LogP) is 4.12. The molecule has 0 N–H and O–H groups in total. The summed E-state index contributed by atoms with van der Waals surface area (Å²) in [6, 6.07) is 10.2. The van der Waals surface area contributed by atoms with Gasteiger partial charge in [-0.25, -0.2) is 4.98 Å². The highest BCUT2D eigenvalue weighted by molar-refractivity contribution is 9.11. The van der Waals surface area contributed by atoms with Crippen LogP contribution in [-0.2, 0) is 0 Å². The van der Waals surface area contributed by atoms with Gasteiger partial charge in [0.1, 0.15) is 0 Å². The zero-order valence-electron chi connectivity index (χ0n) is 8.22. The van der Waals surface area contributed by atoms with Gasteiger partial charge in [-0.3, -0.25) is 4.98 Å². The van der Waals surface area contributed by atoms with Crippen molar-refractivity contribution in [3.8, 4) is 11.1 Å². The number of nitrogens with zero attached hydrogens (tertiary/aromatic N) is 2. The minimum absolute atomic E-state index is 0.916. The Morgan fingerprint density at radius 2 is 2.06 bits per heavy atom. The summed E-state index contributed by atoms with van der Waals surface area (Å²) in [7, 11) is 0. The fourth-order valence-electron chi connectivity index (χ4n) is 1.67. The molecule has 2 aromatic heterocycles. The van der Waals surface area contributed by atoms with Crippen molar-refractivity contribution >= 4 is 37.5 Å². The van der Waals surface area contributed by atoms with E-state index in [1.54, 1.807) is 17.5 Å². The average Bonchev–Trinajstić information content (AvgIpc) is 2.70. The Balaban J connectivity index is 2.31. The fourth-order valence-corrected chi connectivity index (χ4v) is 3.17. The van der Waals surface area contributed by atoms with E-state index in [0.717, 1.165) is 15.0 Å². The van der Waals surface area contributed by atoms with Crippen molar-refractivity contribution in [2.75, 3.05) is 0 Å². The normalized spacial score (nSPS) is 10.8. The molecule has 0 aliphatic carbocycles. The van der Waals surface area contributed by atoms with Crippen molar-refractivity contribution in [1.82, 2.24) is 9.97 Å². The molecule has 0 unspecified atom stereocenters. The SMILES string of the molecule is Brc1nc2cccc(-c3cccnc3)c2s1. The lowest BCUT2D eigenvalue weighted by Gasteiger charge is -2.00. The Hall–Kier alpha value is -1.26. The van der Waals surface area contributed by atoms with Gasteiger partial charge in [-0.2, -0.15) is 0 Å². The van der Waals surface area contributed by atoms with Gasteiger partial charge in [-0.1, -0.05) is 18.2 Å². The Bertz CT molecular complexity index is 634. The Morgan fingerprint density at radius 3 is 2.88 bits per heavy atom. The predicted molar refractivity (Wildman–Crippen MR) is 70.6 cm³/mol. The van der Waals surface area contributed by atoms with Gasteiger partial charge < -0.3 is 0 Å². The molecule has 3 aromatic rings. The Labute approximate surface area is 105 Å². The molecule has 2 heterocycles. The molecule has 0 saturated heterocycles. The van der Waals surface area contributed by atoms with Crippen LogP contribution in [0.4, 0.5) is 0 Å². The molecule has 0 aliphatic rings. The van der Waals surface area contributed by atoms with Crippen LogP contribution in [0.1, 0.15) is 0 Å². The molecule has 2 nitrogen and oxygen atoms in total. The summed E-state index contributed by atoms with van der Waals surface area (Å²) >= 11 is 5.07. The van der Waals surface area contributed by atoms with Crippen LogP contribution in [0.15, 0.2) is 46.6 Å². The second kappa shape index (κ2) is 3.96. The van der Waals surface area contributed by atoms with Gasteiger partial charge in [0.2, 0.25) is 0 Å². The van der Waals surface area contributed by atoms with Gasteiger partial charge in [-0.15, -0.1) is 11.3 Å². The van der Waals surface area contributed by atoms with Crippen LogP contribution in [0.25, 0.3) is 21.3 Å². The molecule has 0 saturated carbocycles. The molecule has 0 bridgehead atoms. The third kappa shape index (κ3) is 1.64. The molecule has 0 radical (unpaired) electrons. The lowest BCUT2D eigenvalue weighted by molar-refractivity contribution is 1.33. The maximum Gasteiger partial charge on any atom is 0.160 e. The minimum atomic E-state index is 0.916. The van der Waals surface area contributed by atoms with E-state index < -0.39 is 0 Å². The van der Waals surface area contributed by atoms with Crippen LogP contribution >= 0.6 is 27.3 Å². The van der Waals surface area contributed by atoms with Crippen molar-refractivity contribution in [2.24, 2.45) is 0 Å². The van der Waals surface area contributed by atoms with Crippen LogP contribution in [0.5, 0.6) is 0 Å². The summed E-state index contributed by atoms with van der Waals surface area (Å²) in [6.07, 6.45) is 3.66. The zero-order chi connectivity index (χ0) is 11.0. The first-order valence-electron chi connectivity index (χ1n) is 4.80. The highest BCUT2D eigenvalue weighted by Gasteiger charge is 2.07. The van der Waals surface area contributed by atoms with Crippen LogP contribution in [0.2, 0.25) is 0 Å². The van der Waals surface area contributed by atoms with Gasteiger partial charge in [0.25, 0.3) is 0 Å². The first kappa shape index (κ1) is 9.93. The summed E-state index contributed by atoms with van der Waals surface area (Å²) < 4.78 is 2.11.